The van der Waals surface area contributed by atoms with Gasteiger partial charge in [0.15, 0.2) is 0 Å². The molecule has 4 rings (SSSR count). The van der Waals surface area contributed by atoms with Crippen molar-refractivity contribution in [2.75, 3.05) is 18.4 Å². The molecule has 0 aromatic carbocycles. The summed E-state index contributed by atoms with van der Waals surface area (Å²) in [5, 5.41) is 6.17. The highest BCUT2D eigenvalue weighted by molar-refractivity contribution is 7.09. The molecule has 154 valence electrons. The third-order valence-electron chi connectivity index (χ3n) is 5.01. The van der Waals surface area contributed by atoms with Crippen LogP contribution in [0.2, 0.25) is 0 Å². The predicted octanol–water partition coefficient (Wildman–Crippen LogP) is 3.87. The fourth-order valence-electron chi connectivity index (χ4n) is 3.59. The molecule has 4 heterocycles. The van der Waals surface area contributed by atoms with E-state index in [1.807, 2.05) is 41.5 Å². The number of nitrogens with one attached hydrogen (secondary N) is 1. The number of carbonyl (C=O) groups excluding carboxylic acids is 1. The van der Waals surface area contributed by atoms with E-state index in [4.69, 9.17) is 0 Å². The summed E-state index contributed by atoms with van der Waals surface area (Å²) in [5.74, 6) is 1.91. The SMILES string of the molecule is Cc1nc(/C=C/C(=O)N2CCCC(Cc3cc(Nc4ccccn4)ncn3)C2)cs1. The number of anilines is 2. The van der Waals surface area contributed by atoms with Crippen molar-refractivity contribution in [3.05, 3.63) is 64.6 Å². The molecule has 0 radical (unpaired) electrons. The van der Waals surface area contributed by atoms with E-state index in [1.54, 1.807) is 36.0 Å². The number of nitrogens with zero attached hydrogens (tertiary/aromatic N) is 5. The number of likely N-dealkylation sites (tertiary alicyclic amines) is 1. The smallest absolute Gasteiger partial charge is 0.246 e. The lowest BCUT2D eigenvalue weighted by molar-refractivity contribution is -0.127. The molecule has 0 aliphatic carbocycles. The van der Waals surface area contributed by atoms with E-state index in [2.05, 4.69) is 25.3 Å². The molecule has 8 heteroatoms. The molecule has 3 aromatic heterocycles. The molecular formula is C22H24N6OS. The number of aromatic nitrogens is 4. The van der Waals surface area contributed by atoms with E-state index in [9.17, 15) is 4.79 Å². The van der Waals surface area contributed by atoms with Gasteiger partial charge in [-0.25, -0.2) is 19.9 Å². The molecule has 0 spiro atoms. The van der Waals surface area contributed by atoms with E-state index in [1.165, 1.54) is 0 Å². The summed E-state index contributed by atoms with van der Waals surface area (Å²) < 4.78 is 0. The molecule has 30 heavy (non-hydrogen) atoms. The number of amides is 1. The average molecular weight is 421 g/mol. The largest absolute Gasteiger partial charge is 0.339 e. The van der Waals surface area contributed by atoms with Crippen molar-refractivity contribution >= 4 is 35.0 Å². The molecule has 1 N–H and O–H groups in total. The third-order valence-corrected chi connectivity index (χ3v) is 5.80. The Bertz CT molecular complexity index is 1020. The van der Waals surface area contributed by atoms with Crippen LogP contribution in [0.1, 0.15) is 29.2 Å². The zero-order chi connectivity index (χ0) is 20.8. The molecule has 1 saturated heterocycles. The molecule has 0 bridgehead atoms. The summed E-state index contributed by atoms with van der Waals surface area (Å²) in [7, 11) is 0. The van der Waals surface area contributed by atoms with Gasteiger partial charge in [0.05, 0.1) is 10.7 Å². The van der Waals surface area contributed by atoms with Gasteiger partial charge in [-0.1, -0.05) is 6.07 Å². The third kappa shape index (κ3) is 5.48. The lowest BCUT2D eigenvalue weighted by Gasteiger charge is -2.32. The minimum Gasteiger partial charge on any atom is -0.339 e. The summed E-state index contributed by atoms with van der Waals surface area (Å²) in [6, 6.07) is 7.65. The van der Waals surface area contributed by atoms with Crippen LogP contribution in [-0.2, 0) is 11.2 Å². The summed E-state index contributed by atoms with van der Waals surface area (Å²) in [6.07, 6.45) is 9.66. The second kappa shape index (κ2) is 9.58. The standard InChI is InChI=1S/C22H24N6OS/c1-16-26-18(14-30-16)7-8-22(29)28-10-4-5-17(13-28)11-19-12-21(25-15-24-19)27-20-6-2-3-9-23-20/h2-3,6-9,12,14-15,17H,4-5,10-11,13H2,1H3,(H,23,24,25,27)/b8-7+. The first-order valence-corrected chi connectivity index (χ1v) is 10.9. The highest BCUT2D eigenvalue weighted by Crippen LogP contribution is 2.22. The highest BCUT2D eigenvalue weighted by Gasteiger charge is 2.23. The Morgan fingerprint density at radius 3 is 3.03 bits per heavy atom. The van der Waals surface area contributed by atoms with Crippen LogP contribution in [0.3, 0.4) is 0 Å². The van der Waals surface area contributed by atoms with Crippen molar-refractivity contribution in [1.29, 1.82) is 0 Å². The molecule has 1 amide bonds. The van der Waals surface area contributed by atoms with Crippen molar-refractivity contribution in [2.45, 2.75) is 26.2 Å². The molecular weight excluding hydrogens is 396 g/mol. The van der Waals surface area contributed by atoms with Crippen LogP contribution < -0.4 is 5.32 Å². The van der Waals surface area contributed by atoms with E-state index in [0.717, 1.165) is 60.4 Å². The molecule has 1 fully saturated rings. The van der Waals surface area contributed by atoms with Crippen LogP contribution in [0.25, 0.3) is 6.08 Å². The average Bonchev–Trinajstić information content (AvgIpc) is 3.18. The first-order valence-electron chi connectivity index (χ1n) is 10.0. The zero-order valence-corrected chi connectivity index (χ0v) is 17.7. The lowest BCUT2D eigenvalue weighted by atomic mass is 9.93. The van der Waals surface area contributed by atoms with Gasteiger partial charge in [-0.2, -0.15) is 0 Å². The fraction of sp³-hybridized carbons (Fsp3) is 0.318. The zero-order valence-electron chi connectivity index (χ0n) is 16.9. The van der Waals surface area contributed by atoms with Crippen LogP contribution in [0.15, 0.2) is 48.2 Å². The van der Waals surface area contributed by atoms with E-state index >= 15 is 0 Å². The van der Waals surface area contributed by atoms with E-state index in [0.29, 0.717) is 5.92 Å². The Morgan fingerprint density at radius 2 is 2.23 bits per heavy atom. The number of aryl methyl sites for hydroxylation is 1. The van der Waals surface area contributed by atoms with Crippen molar-refractivity contribution < 1.29 is 4.79 Å². The Balaban J connectivity index is 1.35. The van der Waals surface area contributed by atoms with Crippen molar-refractivity contribution in [2.24, 2.45) is 5.92 Å². The molecule has 1 atom stereocenters. The van der Waals surface area contributed by atoms with Crippen molar-refractivity contribution in [1.82, 2.24) is 24.8 Å². The van der Waals surface area contributed by atoms with Gasteiger partial charge in [0.2, 0.25) is 5.91 Å². The normalized spacial score (nSPS) is 16.7. The van der Waals surface area contributed by atoms with Crippen LogP contribution in [0.5, 0.6) is 0 Å². The monoisotopic (exact) mass is 420 g/mol. The molecule has 1 aliphatic rings. The Hall–Kier alpha value is -3.13. The van der Waals surface area contributed by atoms with Gasteiger partial charge < -0.3 is 10.2 Å². The maximum Gasteiger partial charge on any atom is 0.246 e. The fourth-order valence-corrected chi connectivity index (χ4v) is 4.17. The van der Waals surface area contributed by atoms with Gasteiger partial charge in [0.1, 0.15) is 18.0 Å². The first kappa shape index (κ1) is 20.2. The van der Waals surface area contributed by atoms with E-state index in [-0.39, 0.29) is 5.91 Å². The number of carbonyl (C=O) groups is 1. The van der Waals surface area contributed by atoms with Crippen LogP contribution >= 0.6 is 11.3 Å². The number of rotatable bonds is 6. The maximum absolute atomic E-state index is 12.6. The Kier molecular flexibility index (Phi) is 6.44. The molecule has 0 saturated carbocycles. The topological polar surface area (TPSA) is 83.9 Å². The van der Waals surface area contributed by atoms with Gasteiger partial charge in [-0.15, -0.1) is 11.3 Å². The molecule has 1 unspecified atom stereocenters. The van der Waals surface area contributed by atoms with Crippen molar-refractivity contribution in [3.8, 4) is 0 Å². The Labute approximate surface area is 179 Å². The number of hydrogen-bond donors (Lipinski definition) is 1. The first-order chi connectivity index (χ1) is 14.7. The second-order valence-corrected chi connectivity index (χ2v) is 8.42. The van der Waals surface area contributed by atoms with Gasteiger partial charge in [-0.05, 0) is 50.3 Å². The second-order valence-electron chi connectivity index (χ2n) is 7.36. The summed E-state index contributed by atoms with van der Waals surface area (Å²) >= 11 is 1.59. The van der Waals surface area contributed by atoms with Crippen LogP contribution in [0, 0.1) is 12.8 Å². The lowest BCUT2D eigenvalue weighted by Crippen LogP contribution is -2.39. The predicted molar refractivity (Wildman–Crippen MR) is 118 cm³/mol. The summed E-state index contributed by atoms with van der Waals surface area (Å²) in [5.41, 5.74) is 1.81. The minimum atomic E-state index is 0.0468. The minimum absolute atomic E-state index is 0.0468. The molecule has 3 aromatic rings. The van der Waals surface area contributed by atoms with E-state index < -0.39 is 0 Å². The van der Waals surface area contributed by atoms with Crippen LogP contribution in [0.4, 0.5) is 11.6 Å². The maximum atomic E-state index is 12.6. The molecule has 1 aliphatic heterocycles. The summed E-state index contributed by atoms with van der Waals surface area (Å²) in [6.45, 7) is 3.50. The summed E-state index contributed by atoms with van der Waals surface area (Å²) in [4.78, 5) is 31.9. The highest BCUT2D eigenvalue weighted by atomic mass is 32.1. The van der Waals surface area contributed by atoms with Crippen LogP contribution in [-0.4, -0.2) is 43.8 Å². The van der Waals surface area contributed by atoms with Gasteiger partial charge in [0.25, 0.3) is 0 Å². The van der Waals surface area contributed by atoms with Gasteiger partial charge >= 0.3 is 0 Å². The van der Waals surface area contributed by atoms with Gasteiger partial charge in [-0.3, -0.25) is 4.79 Å². The number of thiazole rings is 1. The number of pyridine rings is 1. The number of piperidine rings is 1. The van der Waals surface area contributed by atoms with Crippen molar-refractivity contribution in [3.63, 3.8) is 0 Å². The van der Waals surface area contributed by atoms with Gasteiger partial charge in [0, 0.05) is 42.5 Å². The Morgan fingerprint density at radius 1 is 1.30 bits per heavy atom. The quantitative estimate of drug-likeness (QED) is 0.610. The molecule has 7 nitrogen and oxygen atoms in total. The number of hydrogen-bond acceptors (Lipinski definition) is 7.